The molecule has 3 nitrogen and oxygen atoms in total. The van der Waals surface area contributed by atoms with E-state index in [-0.39, 0.29) is 11.9 Å². The minimum absolute atomic E-state index is 0.0792. The summed E-state index contributed by atoms with van der Waals surface area (Å²) in [7, 11) is 1.64. The van der Waals surface area contributed by atoms with Crippen LogP contribution in [0.3, 0.4) is 0 Å². The number of nitrogens with one attached hydrogen (secondary N) is 1. The van der Waals surface area contributed by atoms with Crippen LogP contribution in [0.25, 0.3) is 0 Å². The summed E-state index contributed by atoms with van der Waals surface area (Å²) in [6.45, 7) is 0.575. The summed E-state index contributed by atoms with van der Waals surface area (Å²) >= 11 is 4.86. The molecule has 0 saturated heterocycles. The smallest absolute Gasteiger partial charge is 0.230 e. The lowest BCUT2D eigenvalue weighted by atomic mass is 10.2. The molecule has 1 atom stereocenters. The first-order chi connectivity index (χ1) is 6.24. The van der Waals surface area contributed by atoms with Gasteiger partial charge in [0.15, 0.2) is 0 Å². The zero-order valence-corrected chi connectivity index (χ0v) is 10.4. The molecule has 0 fully saturated rings. The maximum Gasteiger partial charge on any atom is 0.230 e. The number of methoxy groups -OCH3 is 1. The topological polar surface area (TPSA) is 38.3 Å². The number of hydrogen-bond acceptors (Lipinski definition) is 3. The van der Waals surface area contributed by atoms with Crippen LogP contribution in [0.4, 0.5) is 0 Å². The van der Waals surface area contributed by atoms with Crippen molar-refractivity contribution in [1.82, 2.24) is 5.32 Å². The van der Waals surface area contributed by atoms with Gasteiger partial charge in [0.1, 0.15) is 0 Å². The average Bonchev–Trinajstić information content (AvgIpc) is 2.05. The van der Waals surface area contributed by atoms with Crippen LogP contribution in [-0.4, -0.2) is 43.0 Å². The Labute approximate surface area is 92.1 Å². The summed E-state index contributed by atoms with van der Waals surface area (Å²) in [5.41, 5.74) is 0. The molecule has 0 heterocycles. The van der Waals surface area contributed by atoms with Gasteiger partial charge in [-0.25, -0.2) is 0 Å². The quantitative estimate of drug-likeness (QED) is 0.708. The van der Waals surface area contributed by atoms with Gasteiger partial charge in [-0.05, 0) is 12.7 Å². The molecular formula is C8H16BrNO2S. The third kappa shape index (κ3) is 7.34. The van der Waals surface area contributed by atoms with Gasteiger partial charge in [0.25, 0.3) is 0 Å². The second-order valence-electron chi connectivity index (χ2n) is 2.63. The molecule has 0 bridgehead atoms. The van der Waals surface area contributed by atoms with Gasteiger partial charge in [-0.15, -0.1) is 0 Å². The van der Waals surface area contributed by atoms with Crippen LogP contribution in [0.2, 0.25) is 0 Å². The monoisotopic (exact) mass is 269 g/mol. The Kier molecular flexibility index (Phi) is 9.02. The fourth-order valence-corrected chi connectivity index (χ4v) is 1.83. The molecule has 0 aliphatic rings. The molecule has 0 radical (unpaired) electrons. The normalized spacial score (nSPS) is 12.5. The van der Waals surface area contributed by atoms with Crippen LogP contribution < -0.4 is 5.32 Å². The summed E-state index contributed by atoms with van der Waals surface area (Å²) in [6, 6.07) is 0.129. The van der Waals surface area contributed by atoms with E-state index >= 15 is 0 Å². The fraction of sp³-hybridized carbons (Fsp3) is 0.875. The molecule has 1 N–H and O–H groups in total. The first-order valence-corrected chi connectivity index (χ1v) is 6.59. The molecular weight excluding hydrogens is 254 g/mol. The largest absolute Gasteiger partial charge is 0.383 e. The highest BCUT2D eigenvalue weighted by atomic mass is 79.9. The van der Waals surface area contributed by atoms with Crippen LogP contribution in [-0.2, 0) is 9.53 Å². The molecule has 0 aliphatic heterocycles. The number of carbonyl (C=O) groups is 1. The average molecular weight is 270 g/mol. The number of halogens is 1. The molecule has 0 saturated carbocycles. The van der Waals surface area contributed by atoms with Crippen molar-refractivity contribution in [2.45, 2.75) is 12.5 Å². The molecule has 0 aromatic heterocycles. The molecule has 78 valence electrons. The second-order valence-corrected chi connectivity index (χ2v) is 4.29. The van der Waals surface area contributed by atoms with Gasteiger partial charge in [0, 0.05) is 12.4 Å². The van der Waals surface area contributed by atoms with Crippen LogP contribution in [0.15, 0.2) is 0 Å². The number of hydrogen-bond donors (Lipinski definition) is 1. The maximum atomic E-state index is 11.2. The number of amides is 1. The molecule has 1 amide bonds. The summed E-state index contributed by atoms with van der Waals surface area (Å²) in [4.78, 5) is 11.2. The first kappa shape index (κ1) is 13.3. The number of carbonyl (C=O) groups excluding carboxylic acids is 1. The van der Waals surface area contributed by atoms with Crippen LogP contribution in [0, 0.1) is 0 Å². The molecule has 1 unspecified atom stereocenters. The van der Waals surface area contributed by atoms with Crippen molar-refractivity contribution in [2.75, 3.05) is 31.1 Å². The minimum atomic E-state index is 0.0792. The van der Waals surface area contributed by atoms with Crippen molar-refractivity contribution in [2.24, 2.45) is 0 Å². The maximum absolute atomic E-state index is 11.2. The Balaban J connectivity index is 3.71. The number of alkyl halides is 1. The van der Waals surface area contributed by atoms with Crippen LogP contribution in [0.1, 0.15) is 6.42 Å². The van der Waals surface area contributed by atoms with Crippen molar-refractivity contribution in [1.29, 1.82) is 0 Å². The molecule has 0 aliphatic carbocycles. The van der Waals surface area contributed by atoms with E-state index in [1.807, 2.05) is 6.26 Å². The molecule has 0 aromatic carbocycles. The van der Waals surface area contributed by atoms with Gasteiger partial charge < -0.3 is 10.1 Å². The number of thioether (sulfide) groups is 1. The van der Waals surface area contributed by atoms with Crippen molar-refractivity contribution < 1.29 is 9.53 Å². The van der Waals surface area contributed by atoms with E-state index in [4.69, 9.17) is 4.74 Å². The van der Waals surface area contributed by atoms with Gasteiger partial charge >= 0.3 is 0 Å². The third-order valence-electron chi connectivity index (χ3n) is 1.47. The summed E-state index contributed by atoms with van der Waals surface area (Å²) < 4.78 is 4.99. The van der Waals surface area contributed by atoms with Crippen molar-refractivity contribution >= 4 is 33.6 Å². The lowest BCUT2D eigenvalue weighted by Crippen LogP contribution is -2.39. The highest BCUT2D eigenvalue weighted by Crippen LogP contribution is 1.98. The van der Waals surface area contributed by atoms with Gasteiger partial charge in [-0.1, -0.05) is 15.9 Å². The highest BCUT2D eigenvalue weighted by molar-refractivity contribution is 9.09. The highest BCUT2D eigenvalue weighted by Gasteiger charge is 2.10. The fourth-order valence-electron chi connectivity index (χ4n) is 0.930. The zero-order chi connectivity index (χ0) is 10.1. The van der Waals surface area contributed by atoms with E-state index in [0.29, 0.717) is 12.4 Å². The summed E-state index contributed by atoms with van der Waals surface area (Å²) in [6.07, 6.45) is 2.81. The first-order valence-electron chi connectivity index (χ1n) is 4.07. The van der Waals surface area contributed by atoms with E-state index in [1.54, 1.807) is 7.11 Å². The minimum Gasteiger partial charge on any atom is -0.383 e. The van der Waals surface area contributed by atoms with Gasteiger partial charge in [-0.3, -0.25) is 4.79 Å². The Morgan fingerprint density at radius 1 is 1.69 bits per heavy atom. The molecule has 0 rings (SSSR count). The standard InChI is InChI=1S/C8H16BrNO2S/c1-12-5-7(3-4-9)10-8(11)6-13-2/h7H,3-6H2,1-2H3,(H,10,11). The Morgan fingerprint density at radius 2 is 2.38 bits per heavy atom. The van der Waals surface area contributed by atoms with Crippen molar-refractivity contribution in [3.8, 4) is 0 Å². The lowest BCUT2D eigenvalue weighted by Gasteiger charge is -2.16. The Morgan fingerprint density at radius 3 is 2.85 bits per heavy atom. The van der Waals surface area contributed by atoms with E-state index in [9.17, 15) is 4.79 Å². The molecule has 0 spiro atoms. The Bertz CT molecular complexity index is 140. The predicted octanol–water partition coefficient (Wildman–Crippen LogP) is 1.27. The number of ether oxygens (including phenoxy) is 1. The second kappa shape index (κ2) is 8.84. The van der Waals surface area contributed by atoms with Crippen LogP contribution in [0.5, 0.6) is 0 Å². The summed E-state index contributed by atoms with van der Waals surface area (Å²) in [5, 5.41) is 3.78. The van der Waals surface area contributed by atoms with Gasteiger partial charge in [0.2, 0.25) is 5.91 Å². The molecule has 13 heavy (non-hydrogen) atoms. The van der Waals surface area contributed by atoms with E-state index in [0.717, 1.165) is 11.8 Å². The SMILES string of the molecule is COCC(CCBr)NC(=O)CSC. The van der Waals surface area contributed by atoms with Gasteiger partial charge in [-0.2, -0.15) is 11.8 Å². The Hall–Kier alpha value is 0.260. The predicted molar refractivity (Wildman–Crippen MR) is 60.6 cm³/mol. The van der Waals surface area contributed by atoms with Gasteiger partial charge in [0.05, 0.1) is 18.4 Å². The third-order valence-corrected chi connectivity index (χ3v) is 2.47. The summed E-state index contributed by atoms with van der Waals surface area (Å²) in [5.74, 6) is 0.596. The van der Waals surface area contributed by atoms with Crippen LogP contribution >= 0.6 is 27.7 Å². The molecule has 5 heteroatoms. The molecule has 0 aromatic rings. The number of rotatable bonds is 7. The van der Waals surface area contributed by atoms with Crippen molar-refractivity contribution in [3.05, 3.63) is 0 Å². The van der Waals surface area contributed by atoms with Crippen molar-refractivity contribution in [3.63, 3.8) is 0 Å². The lowest BCUT2D eigenvalue weighted by molar-refractivity contribution is -0.119. The van der Waals surface area contributed by atoms with E-state index < -0.39 is 0 Å². The zero-order valence-electron chi connectivity index (χ0n) is 8.01. The van der Waals surface area contributed by atoms with E-state index in [1.165, 1.54) is 11.8 Å². The van der Waals surface area contributed by atoms with E-state index in [2.05, 4.69) is 21.2 Å².